The summed E-state index contributed by atoms with van der Waals surface area (Å²) in [6.07, 6.45) is 2.61. The van der Waals surface area contributed by atoms with Gasteiger partial charge in [0, 0.05) is 50.3 Å². The van der Waals surface area contributed by atoms with Crippen molar-refractivity contribution in [2.24, 2.45) is 0 Å². The second-order valence-corrected chi connectivity index (χ2v) is 6.19. The van der Waals surface area contributed by atoms with E-state index in [0.29, 0.717) is 5.54 Å². The molecule has 17 heavy (non-hydrogen) atoms. The molecule has 2 atom stereocenters. The maximum Gasteiger partial charge on any atom is 0.0311 e. The lowest BCUT2D eigenvalue weighted by Gasteiger charge is -2.45. The molecule has 0 saturated carbocycles. The van der Waals surface area contributed by atoms with Crippen LogP contribution in [0.2, 0.25) is 0 Å². The maximum absolute atomic E-state index is 3.46. The van der Waals surface area contributed by atoms with Crippen LogP contribution in [0.1, 0.15) is 40.5 Å². The summed E-state index contributed by atoms with van der Waals surface area (Å²) in [6, 6.07) is 1.47. The van der Waals surface area contributed by atoms with Crippen LogP contribution in [0.25, 0.3) is 0 Å². The third-order valence-electron chi connectivity index (χ3n) is 4.91. The Morgan fingerprint density at radius 2 is 1.88 bits per heavy atom. The predicted octanol–water partition coefficient (Wildman–Crippen LogP) is 1.54. The SMILES string of the molecule is CCC(C)N1CCC(N2CCNCC2)C1(C)C. The summed E-state index contributed by atoms with van der Waals surface area (Å²) in [5.74, 6) is 0. The van der Waals surface area contributed by atoms with Gasteiger partial charge in [0.1, 0.15) is 0 Å². The number of rotatable bonds is 3. The molecule has 0 aromatic heterocycles. The Morgan fingerprint density at radius 3 is 2.47 bits per heavy atom. The van der Waals surface area contributed by atoms with Crippen molar-refractivity contribution in [1.82, 2.24) is 15.1 Å². The number of hydrogen-bond donors (Lipinski definition) is 1. The summed E-state index contributed by atoms with van der Waals surface area (Å²) in [5, 5.41) is 3.46. The van der Waals surface area contributed by atoms with Gasteiger partial charge in [0.2, 0.25) is 0 Å². The van der Waals surface area contributed by atoms with Crippen LogP contribution in [0.3, 0.4) is 0 Å². The number of hydrogen-bond acceptors (Lipinski definition) is 3. The molecule has 0 spiro atoms. The van der Waals surface area contributed by atoms with Crippen LogP contribution in [0.4, 0.5) is 0 Å². The van der Waals surface area contributed by atoms with Crippen molar-refractivity contribution >= 4 is 0 Å². The molecule has 0 amide bonds. The molecule has 100 valence electrons. The highest BCUT2D eigenvalue weighted by Gasteiger charge is 2.45. The molecular weight excluding hydrogens is 210 g/mol. The molecule has 0 radical (unpaired) electrons. The average molecular weight is 239 g/mol. The maximum atomic E-state index is 3.46. The first kappa shape index (κ1) is 13.3. The van der Waals surface area contributed by atoms with E-state index in [-0.39, 0.29) is 0 Å². The molecule has 2 heterocycles. The minimum absolute atomic E-state index is 0.340. The second-order valence-electron chi connectivity index (χ2n) is 6.19. The normalized spacial score (nSPS) is 32.8. The van der Waals surface area contributed by atoms with E-state index in [0.717, 1.165) is 25.2 Å². The standard InChI is InChI=1S/C14H29N3/c1-5-12(2)17-9-6-13(14(17,3)4)16-10-7-15-8-11-16/h12-13,15H,5-11H2,1-4H3. The largest absolute Gasteiger partial charge is 0.314 e. The molecule has 2 aliphatic heterocycles. The van der Waals surface area contributed by atoms with Gasteiger partial charge in [-0.2, -0.15) is 0 Å². The fourth-order valence-electron chi connectivity index (χ4n) is 3.73. The summed E-state index contributed by atoms with van der Waals surface area (Å²) in [4.78, 5) is 5.43. The van der Waals surface area contributed by atoms with Gasteiger partial charge in [-0.1, -0.05) is 6.92 Å². The quantitative estimate of drug-likeness (QED) is 0.806. The van der Waals surface area contributed by atoms with Crippen molar-refractivity contribution in [1.29, 1.82) is 0 Å². The number of nitrogens with zero attached hydrogens (tertiary/aromatic N) is 2. The van der Waals surface area contributed by atoms with Crippen molar-refractivity contribution in [3.8, 4) is 0 Å². The molecular formula is C14H29N3. The van der Waals surface area contributed by atoms with Crippen molar-refractivity contribution in [2.75, 3.05) is 32.7 Å². The summed E-state index contributed by atoms with van der Waals surface area (Å²) >= 11 is 0. The van der Waals surface area contributed by atoms with Crippen LogP contribution in [0.15, 0.2) is 0 Å². The first-order chi connectivity index (χ1) is 8.07. The smallest absolute Gasteiger partial charge is 0.0311 e. The van der Waals surface area contributed by atoms with Gasteiger partial charge in [-0.15, -0.1) is 0 Å². The van der Waals surface area contributed by atoms with Gasteiger partial charge in [-0.3, -0.25) is 9.80 Å². The zero-order valence-corrected chi connectivity index (χ0v) is 12.0. The molecule has 0 bridgehead atoms. The van der Waals surface area contributed by atoms with Crippen molar-refractivity contribution in [3.63, 3.8) is 0 Å². The van der Waals surface area contributed by atoms with Crippen LogP contribution >= 0.6 is 0 Å². The zero-order valence-electron chi connectivity index (χ0n) is 12.0. The second kappa shape index (κ2) is 5.25. The van der Waals surface area contributed by atoms with Gasteiger partial charge < -0.3 is 5.32 Å². The Morgan fingerprint density at radius 1 is 1.24 bits per heavy atom. The van der Waals surface area contributed by atoms with E-state index in [1.54, 1.807) is 0 Å². The summed E-state index contributed by atoms with van der Waals surface area (Å²) < 4.78 is 0. The predicted molar refractivity (Wildman–Crippen MR) is 73.4 cm³/mol. The van der Waals surface area contributed by atoms with E-state index < -0.39 is 0 Å². The number of likely N-dealkylation sites (tertiary alicyclic amines) is 1. The molecule has 2 unspecified atom stereocenters. The van der Waals surface area contributed by atoms with Gasteiger partial charge in [-0.25, -0.2) is 0 Å². The fraction of sp³-hybridized carbons (Fsp3) is 1.00. The van der Waals surface area contributed by atoms with E-state index in [4.69, 9.17) is 0 Å². The van der Waals surface area contributed by atoms with E-state index in [2.05, 4.69) is 42.8 Å². The lowest BCUT2D eigenvalue weighted by Crippen LogP contribution is -2.58. The van der Waals surface area contributed by atoms with Gasteiger partial charge >= 0.3 is 0 Å². The Kier molecular flexibility index (Phi) is 4.11. The molecule has 0 aromatic carbocycles. The number of nitrogens with one attached hydrogen (secondary N) is 1. The first-order valence-corrected chi connectivity index (χ1v) is 7.29. The third kappa shape index (κ3) is 2.51. The summed E-state index contributed by atoms with van der Waals surface area (Å²) in [5.41, 5.74) is 0.340. The Balaban J connectivity index is 2.05. The first-order valence-electron chi connectivity index (χ1n) is 7.29. The average Bonchev–Trinajstić information content (AvgIpc) is 2.65. The summed E-state index contributed by atoms with van der Waals surface area (Å²) in [7, 11) is 0. The van der Waals surface area contributed by atoms with Gasteiger partial charge in [-0.05, 0) is 33.6 Å². The van der Waals surface area contributed by atoms with Gasteiger partial charge in [0.05, 0.1) is 0 Å². The minimum atomic E-state index is 0.340. The lowest BCUT2D eigenvalue weighted by molar-refractivity contribution is 0.0504. The zero-order chi connectivity index (χ0) is 12.5. The van der Waals surface area contributed by atoms with Crippen LogP contribution in [-0.4, -0.2) is 60.1 Å². The van der Waals surface area contributed by atoms with Crippen LogP contribution in [0, 0.1) is 0 Å². The minimum Gasteiger partial charge on any atom is -0.314 e. The molecule has 2 rings (SSSR count). The van der Waals surface area contributed by atoms with E-state index >= 15 is 0 Å². The molecule has 3 heteroatoms. The number of piperazine rings is 1. The molecule has 0 aromatic rings. The van der Waals surface area contributed by atoms with Crippen LogP contribution in [-0.2, 0) is 0 Å². The lowest BCUT2D eigenvalue weighted by atomic mass is 9.92. The van der Waals surface area contributed by atoms with E-state index in [1.807, 2.05) is 0 Å². The van der Waals surface area contributed by atoms with Crippen molar-refractivity contribution in [3.05, 3.63) is 0 Å². The molecule has 2 aliphatic rings. The molecule has 0 aliphatic carbocycles. The fourth-order valence-corrected chi connectivity index (χ4v) is 3.73. The topological polar surface area (TPSA) is 18.5 Å². The van der Waals surface area contributed by atoms with Crippen LogP contribution in [0.5, 0.6) is 0 Å². The summed E-state index contributed by atoms with van der Waals surface area (Å²) in [6.45, 7) is 15.6. The molecule has 1 N–H and O–H groups in total. The van der Waals surface area contributed by atoms with Crippen molar-refractivity contribution in [2.45, 2.75) is 58.2 Å². The highest BCUT2D eigenvalue weighted by atomic mass is 15.3. The molecule has 3 nitrogen and oxygen atoms in total. The van der Waals surface area contributed by atoms with Gasteiger partial charge in [0.15, 0.2) is 0 Å². The van der Waals surface area contributed by atoms with Gasteiger partial charge in [0.25, 0.3) is 0 Å². The van der Waals surface area contributed by atoms with Crippen LogP contribution < -0.4 is 5.32 Å². The monoisotopic (exact) mass is 239 g/mol. The third-order valence-corrected chi connectivity index (χ3v) is 4.91. The highest BCUT2D eigenvalue weighted by Crippen LogP contribution is 2.35. The van der Waals surface area contributed by atoms with E-state index in [1.165, 1.54) is 32.5 Å². The van der Waals surface area contributed by atoms with Crippen molar-refractivity contribution < 1.29 is 0 Å². The molecule has 2 fully saturated rings. The Hall–Kier alpha value is -0.120. The highest BCUT2D eigenvalue weighted by molar-refractivity contribution is 5.03. The Bertz CT molecular complexity index is 246. The molecule has 2 saturated heterocycles. The van der Waals surface area contributed by atoms with E-state index in [9.17, 15) is 0 Å². The Labute approximate surface area is 107 Å².